The predicted molar refractivity (Wildman–Crippen MR) is 86.1 cm³/mol. The standard InChI is InChI=1S/C17H17NO5S/c1-11-2-4-13(5-3-11)24(19,20)10-12-8-21-16-7-6-15-14(9-22-18-15)17(16)23-12/h2-7,9,12,16-17H,8,10H2,1H3. The van der Waals surface area contributed by atoms with E-state index < -0.39 is 15.9 Å². The van der Waals surface area contributed by atoms with Crippen LogP contribution in [0.4, 0.5) is 0 Å². The zero-order valence-electron chi connectivity index (χ0n) is 13.1. The van der Waals surface area contributed by atoms with Gasteiger partial charge in [-0.05, 0) is 25.1 Å². The van der Waals surface area contributed by atoms with E-state index in [1.54, 1.807) is 24.3 Å². The summed E-state index contributed by atoms with van der Waals surface area (Å²) in [4.78, 5) is 0.299. The third-order valence-electron chi connectivity index (χ3n) is 4.27. The number of hydrogen-bond acceptors (Lipinski definition) is 6. The van der Waals surface area contributed by atoms with Crippen molar-refractivity contribution in [1.29, 1.82) is 0 Å². The summed E-state index contributed by atoms with van der Waals surface area (Å²) in [5.74, 6) is -0.121. The van der Waals surface area contributed by atoms with E-state index in [9.17, 15) is 8.42 Å². The van der Waals surface area contributed by atoms with E-state index in [1.807, 2.05) is 19.1 Å². The zero-order valence-corrected chi connectivity index (χ0v) is 13.9. The van der Waals surface area contributed by atoms with Gasteiger partial charge < -0.3 is 14.0 Å². The molecule has 3 atom stereocenters. The number of aryl methyl sites for hydroxylation is 1. The molecule has 1 aliphatic carbocycles. The number of sulfone groups is 1. The van der Waals surface area contributed by atoms with Crippen LogP contribution in [-0.2, 0) is 19.3 Å². The van der Waals surface area contributed by atoms with Gasteiger partial charge in [0.2, 0.25) is 0 Å². The summed E-state index contributed by atoms with van der Waals surface area (Å²) in [6.45, 7) is 2.15. The highest BCUT2D eigenvalue weighted by molar-refractivity contribution is 7.91. The lowest BCUT2D eigenvalue weighted by Gasteiger charge is -2.36. The van der Waals surface area contributed by atoms with Crippen molar-refractivity contribution in [1.82, 2.24) is 5.16 Å². The van der Waals surface area contributed by atoms with Crippen LogP contribution in [0.5, 0.6) is 0 Å². The average molecular weight is 347 g/mol. The SMILES string of the molecule is Cc1ccc(S(=O)(=O)CC2COC3C=Cc4nocc4C3O2)cc1. The maximum absolute atomic E-state index is 12.6. The van der Waals surface area contributed by atoms with E-state index in [-0.39, 0.29) is 24.6 Å². The van der Waals surface area contributed by atoms with Gasteiger partial charge in [0.05, 0.1) is 28.9 Å². The maximum Gasteiger partial charge on any atom is 0.181 e. The van der Waals surface area contributed by atoms with E-state index in [0.29, 0.717) is 10.6 Å². The molecule has 7 heteroatoms. The van der Waals surface area contributed by atoms with Crippen LogP contribution in [0.25, 0.3) is 6.08 Å². The van der Waals surface area contributed by atoms with Crippen LogP contribution >= 0.6 is 0 Å². The molecule has 1 aromatic carbocycles. The molecule has 0 amide bonds. The number of benzene rings is 1. The normalized spacial score (nSPS) is 26.0. The lowest BCUT2D eigenvalue weighted by atomic mass is 9.97. The van der Waals surface area contributed by atoms with E-state index in [1.165, 1.54) is 6.26 Å². The van der Waals surface area contributed by atoms with Gasteiger partial charge in [-0.3, -0.25) is 0 Å². The first-order chi connectivity index (χ1) is 11.5. The Balaban J connectivity index is 1.52. The van der Waals surface area contributed by atoms with Gasteiger partial charge in [0.15, 0.2) is 9.84 Å². The van der Waals surface area contributed by atoms with E-state index >= 15 is 0 Å². The fourth-order valence-corrected chi connectivity index (χ4v) is 4.40. The molecule has 0 N–H and O–H groups in total. The lowest BCUT2D eigenvalue weighted by Crippen LogP contribution is -2.41. The van der Waals surface area contributed by atoms with Crippen molar-refractivity contribution in [3.8, 4) is 0 Å². The molecule has 0 bridgehead atoms. The van der Waals surface area contributed by atoms with E-state index in [0.717, 1.165) is 11.1 Å². The van der Waals surface area contributed by atoms with Gasteiger partial charge in [0.1, 0.15) is 24.2 Å². The molecule has 4 rings (SSSR count). The van der Waals surface area contributed by atoms with Crippen molar-refractivity contribution in [2.24, 2.45) is 0 Å². The third-order valence-corrected chi connectivity index (χ3v) is 6.08. The summed E-state index contributed by atoms with van der Waals surface area (Å²) in [6.07, 6.45) is 4.05. The van der Waals surface area contributed by atoms with Crippen LogP contribution in [0.2, 0.25) is 0 Å². The molecular weight excluding hydrogens is 330 g/mol. The van der Waals surface area contributed by atoms with Crippen molar-refractivity contribution in [3.05, 3.63) is 53.4 Å². The maximum atomic E-state index is 12.6. The molecule has 2 aromatic rings. The second-order valence-corrected chi connectivity index (χ2v) is 8.12. The number of ether oxygens (including phenoxy) is 2. The molecule has 0 spiro atoms. The monoisotopic (exact) mass is 347 g/mol. The summed E-state index contributed by atoms with van der Waals surface area (Å²) in [5, 5.41) is 3.89. The minimum atomic E-state index is -3.44. The van der Waals surface area contributed by atoms with Gasteiger partial charge in [0, 0.05) is 0 Å². The fourth-order valence-electron chi connectivity index (χ4n) is 2.99. The Morgan fingerprint density at radius 3 is 2.83 bits per heavy atom. The molecule has 2 heterocycles. The van der Waals surface area contributed by atoms with Crippen molar-refractivity contribution in [3.63, 3.8) is 0 Å². The van der Waals surface area contributed by atoms with Crippen LogP contribution in [0, 0.1) is 6.92 Å². The largest absolute Gasteiger partial charge is 0.368 e. The summed E-state index contributed by atoms with van der Waals surface area (Å²) >= 11 is 0. The van der Waals surface area contributed by atoms with Gasteiger partial charge in [-0.1, -0.05) is 28.9 Å². The Morgan fingerprint density at radius 1 is 1.25 bits per heavy atom. The van der Waals surface area contributed by atoms with Crippen molar-refractivity contribution < 1.29 is 22.4 Å². The first-order valence-corrected chi connectivity index (χ1v) is 9.37. The van der Waals surface area contributed by atoms with Gasteiger partial charge in [0.25, 0.3) is 0 Å². The fraction of sp³-hybridized carbons (Fsp3) is 0.353. The van der Waals surface area contributed by atoms with Gasteiger partial charge >= 0.3 is 0 Å². The Hall–Kier alpha value is -1.96. The molecule has 126 valence electrons. The summed E-state index contributed by atoms with van der Waals surface area (Å²) < 4.78 is 41.9. The summed E-state index contributed by atoms with van der Waals surface area (Å²) in [7, 11) is -3.44. The molecule has 1 fully saturated rings. The topological polar surface area (TPSA) is 78.6 Å². The van der Waals surface area contributed by atoms with Crippen LogP contribution in [0.15, 0.2) is 46.0 Å². The van der Waals surface area contributed by atoms with Crippen LogP contribution in [-0.4, -0.2) is 38.1 Å². The average Bonchev–Trinajstić information content (AvgIpc) is 3.04. The Labute approximate surface area is 140 Å². The summed E-state index contributed by atoms with van der Waals surface area (Å²) in [6, 6.07) is 6.82. The molecular formula is C17H17NO5S. The van der Waals surface area contributed by atoms with E-state index in [4.69, 9.17) is 14.0 Å². The molecule has 1 aromatic heterocycles. The van der Waals surface area contributed by atoms with E-state index in [2.05, 4.69) is 5.16 Å². The van der Waals surface area contributed by atoms with Crippen LogP contribution < -0.4 is 0 Å². The molecule has 2 aliphatic rings. The van der Waals surface area contributed by atoms with Crippen molar-refractivity contribution in [2.75, 3.05) is 12.4 Å². The van der Waals surface area contributed by atoms with Crippen LogP contribution in [0.3, 0.4) is 0 Å². The minimum Gasteiger partial charge on any atom is -0.368 e. The van der Waals surface area contributed by atoms with Gasteiger partial charge in [-0.25, -0.2) is 8.42 Å². The summed E-state index contributed by atoms with van der Waals surface area (Å²) in [5.41, 5.74) is 2.50. The van der Waals surface area contributed by atoms with Gasteiger partial charge in [-0.15, -0.1) is 0 Å². The Bertz CT molecular complexity index is 869. The highest BCUT2D eigenvalue weighted by Gasteiger charge is 2.38. The van der Waals surface area contributed by atoms with Crippen molar-refractivity contribution in [2.45, 2.75) is 30.1 Å². The number of rotatable bonds is 3. The molecule has 3 unspecified atom stereocenters. The molecule has 1 saturated heterocycles. The number of hydrogen-bond donors (Lipinski definition) is 0. The highest BCUT2D eigenvalue weighted by atomic mass is 32.2. The predicted octanol–water partition coefficient (Wildman–Crippen LogP) is 2.31. The zero-order chi connectivity index (χ0) is 16.7. The Morgan fingerprint density at radius 2 is 2.04 bits per heavy atom. The molecule has 0 radical (unpaired) electrons. The van der Waals surface area contributed by atoms with Crippen LogP contribution in [0.1, 0.15) is 22.9 Å². The molecule has 1 aliphatic heterocycles. The Kier molecular flexibility index (Phi) is 3.79. The van der Waals surface area contributed by atoms with Crippen molar-refractivity contribution >= 4 is 15.9 Å². The second-order valence-electron chi connectivity index (χ2n) is 6.09. The number of fused-ring (bicyclic) bond motifs is 3. The first-order valence-electron chi connectivity index (χ1n) is 7.72. The number of nitrogens with zero attached hydrogens (tertiary/aromatic N) is 1. The molecule has 0 saturated carbocycles. The second kappa shape index (κ2) is 5.84. The minimum absolute atomic E-state index is 0.121. The lowest BCUT2D eigenvalue weighted by molar-refractivity contribution is -0.160. The first kappa shape index (κ1) is 15.6. The van der Waals surface area contributed by atoms with Gasteiger partial charge in [-0.2, -0.15) is 0 Å². The highest BCUT2D eigenvalue weighted by Crippen LogP contribution is 2.36. The molecule has 6 nitrogen and oxygen atoms in total. The number of aromatic nitrogens is 1. The molecule has 24 heavy (non-hydrogen) atoms. The third kappa shape index (κ3) is 2.79. The quantitative estimate of drug-likeness (QED) is 0.848. The smallest absolute Gasteiger partial charge is 0.181 e.